The average molecular weight is 308 g/mol. The lowest BCUT2D eigenvalue weighted by Crippen LogP contribution is -2.40. The number of likely N-dealkylation sites (tertiary alicyclic amines) is 1. The minimum atomic E-state index is 0.236. The lowest BCUT2D eigenvalue weighted by molar-refractivity contribution is -0.131. The molecule has 0 N–H and O–H groups in total. The van der Waals surface area contributed by atoms with Gasteiger partial charge in [-0.05, 0) is 24.5 Å². The van der Waals surface area contributed by atoms with Gasteiger partial charge in [-0.15, -0.1) is 0 Å². The van der Waals surface area contributed by atoms with Gasteiger partial charge in [0.25, 0.3) is 0 Å². The van der Waals surface area contributed by atoms with Crippen molar-refractivity contribution in [2.24, 2.45) is 0 Å². The summed E-state index contributed by atoms with van der Waals surface area (Å²) in [5, 5.41) is 0. The predicted octanol–water partition coefficient (Wildman–Crippen LogP) is 1.90. The molecule has 1 aromatic heterocycles. The van der Waals surface area contributed by atoms with Crippen LogP contribution in [0.2, 0.25) is 0 Å². The molecule has 2 saturated heterocycles. The molecule has 2 aliphatic heterocycles. The van der Waals surface area contributed by atoms with Gasteiger partial charge in [0.05, 0.1) is 18.5 Å². The van der Waals surface area contributed by atoms with Gasteiger partial charge in [-0.3, -0.25) is 4.79 Å². The summed E-state index contributed by atoms with van der Waals surface area (Å²) < 4.78 is 0. The molecule has 2 atom stereocenters. The molecule has 0 radical (unpaired) electrons. The van der Waals surface area contributed by atoms with Gasteiger partial charge < -0.3 is 9.80 Å². The van der Waals surface area contributed by atoms with Crippen molar-refractivity contribution in [1.82, 2.24) is 14.9 Å². The highest BCUT2D eigenvalue weighted by molar-refractivity contribution is 5.79. The Kier molecular flexibility index (Phi) is 3.69. The third kappa shape index (κ3) is 2.67. The number of nitrogens with zero attached hydrogens (tertiary/aromatic N) is 4. The fourth-order valence-corrected chi connectivity index (χ4v) is 3.86. The van der Waals surface area contributed by atoms with E-state index in [0.717, 1.165) is 37.4 Å². The molecule has 0 bridgehead atoms. The molecule has 23 heavy (non-hydrogen) atoms. The molecule has 0 aliphatic carbocycles. The van der Waals surface area contributed by atoms with Gasteiger partial charge in [-0.2, -0.15) is 0 Å². The van der Waals surface area contributed by atoms with E-state index in [1.807, 2.05) is 36.4 Å². The first-order valence-electron chi connectivity index (χ1n) is 8.20. The summed E-state index contributed by atoms with van der Waals surface area (Å²) in [6.45, 7) is 1.76. The molecular weight excluding hydrogens is 288 g/mol. The highest BCUT2D eigenvalue weighted by Crippen LogP contribution is 2.33. The van der Waals surface area contributed by atoms with Crippen molar-refractivity contribution in [2.75, 3.05) is 18.0 Å². The second kappa shape index (κ2) is 5.99. The van der Waals surface area contributed by atoms with Crippen LogP contribution >= 0.6 is 0 Å². The van der Waals surface area contributed by atoms with E-state index < -0.39 is 0 Å². The summed E-state index contributed by atoms with van der Waals surface area (Å²) in [5.41, 5.74) is 1.09. The van der Waals surface area contributed by atoms with Crippen LogP contribution in [0.15, 0.2) is 48.8 Å². The van der Waals surface area contributed by atoms with Crippen molar-refractivity contribution in [1.29, 1.82) is 0 Å². The van der Waals surface area contributed by atoms with Gasteiger partial charge in [-0.25, -0.2) is 9.97 Å². The summed E-state index contributed by atoms with van der Waals surface area (Å²) >= 11 is 0. The molecule has 0 saturated carbocycles. The van der Waals surface area contributed by atoms with Crippen LogP contribution in [-0.2, 0) is 11.2 Å². The quantitative estimate of drug-likeness (QED) is 0.869. The summed E-state index contributed by atoms with van der Waals surface area (Å²) in [6, 6.07) is 12.5. The van der Waals surface area contributed by atoms with Crippen LogP contribution in [0.25, 0.3) is 0 Å². The molecule has 0 unspecified atom stereocenters. The number of hydrogen-bond donors (Lipinski definition) is 0. The molecule has 3 heterocycles. The lowest BCUT2D eigenvalue weighted by Gasteiger charge is -2.25. The van der Waals surface area contributed by atoms with Crippen LogP contribution in [0.3, 0.4) is 0 Å². The first-order valence-corrected chi connectivity index (χ1v) is 8.20. The Bertz CT molecular complexity index is 676. The SMILES string of the molecule is O=C(Cc1ccccc1)N1CC[C@H]2[C@H]1CCN2c1ncccn1. The van der Waals surface area contributed by atoms with Gasteiger partial charge in [0.2, 0.25) is 11.9 Å². The van der Waals surface area contributed by atoms with Crippen molar-refractivity contribution in [2.45, 2.75) is 31.3 Å². The molecule has 2 aliphatic rings. The van der Waals surface area contributed by atoms with Crippen molar-refractivity contribution < 1.29 is 4.79 Å². The molecule has 2 fully saturated rings. The number of carbonyl (C=O) groups excluding carboxylic acids is 1. The Morgan fingerprint density at radius 1 is 1.00 bits per heavy atom. The Morgan fingerprint density at radius 2 is 1.74 bits per heavy atom. The molecule has 5 nitrogen and oxygen atoms in total. The summed E-state index contributed by atoms with van der Waals surface area (Å²) in [4.78, 5) is 25.8. The molecule has 2 aromatic rings. The third-order valence-electron chi connectivity index (χ3n) is 4.90. The summed E-state index contributed by atoms with van der Waals surface area (Å²) in [6.07, 6.45) is 6.06. The standard InChI is InChI=1S/C18H20N4O/c23-17(13-14-5-2-1-3-6-14)21-11-7-16-15(21)8-12-22(16)18-19-9-4-10-20-18/h1-6,9-10,15-16H,7-8,11-13H2/t15-,16+/m1/s1. The number of rotatable bonds is 3. The molecular formula is C18H20N4O. The molecule has 0 spiro atoms. The second-order valence-electron chi connectivity index (χ2n) is 6.20. The fraction of sp³-hybridized carbons (Fsp3) is 0.389. The number of aromatic nitrogens is 2. The summed E-state index contributed by atoms with van der Waals surface area (Å²) in [7, 11) is 0. The van der Waals surface area contributed by atoms with Gasteiger partial charge in [0.15, 0.2) is 0 Å². The molecule has 1 aromatic carbocycles. The second-order valence-corrected chi connectivity index (χ2v) is 6.20. The highest BCUT2D eigenvalue weighted by Gasteiger charge is 2.44. The van der Waals surface area contributed by atoms with Gasteiger partial charge in [-0.1, -0.05) is 30.3 Å². The van der Waals surface area contributed by atoms with Crippen molar-refractivity contribution in [3.8, 4) is 0 Å². The van der Waals surface area contributed by atoms with E-state index in [2.05, 4.69) is 19.8 Å². The van der Waals surface area contributed by atoms with E-state index in [4.69, 9.17) is 0 Å². The molecule has 1 amide bonds. The van der Waals surface area contributed by atoms with Gasteiger partial charge >= 0.3 is 0 Å². The largest absolute Gasteiger partial charge is 0.337 e. The van der Waals surface area contributed by atoms with Crippen LogP contribution in [0, 0.1) is 0 Å². The normalized spacial score (nSPS) is 23.1. The number of benzene rings is 1. The minimum Gasteiger partial charge on any atom is -0.337 e. The topological polar surface area (TPSA) is 49.3 Å². The third-order valence-corrected chi connectivity index (χ3v) is 4.90. The average Bonchev–Trinajstić information content (AvgIpc) is 3.18. The number of anilines is 1. The Hall–Kier alpha value is -2.43. The lowest BCUT2D eigenvalue weighted by atomic mass is 10.1. The van der Waals surface area contributed by atoms with Crippen LogP contribution in [0.1, 0.15) is 18.4 Å². The van der Waals surface area contributed by atoms with Crippen molar-refractivity contribution in [3.63, 3.8) is 0 Å². The number of carbonyl (C=O) groups is 1. The Morgan fingerprint density at radius 3 is 2.52 bits per heavy atom. The van der Waals surface area contributed by atoms with Crippen LogP contribution in [0.5, 0.6) is 0 Å². The van der Waals surface area contributed by atoms with E-state index in [0.29, 0.717) is 18.5 Å². The molecule has 118 valence electrons. The predicted molar refractivity (Wildman–Crippen MR) is 88.0 cm³/mol. The zero-order valence-electron chi connectivity index (χ0n) is 13.0. The molecule has 4 rings (SSSR count). The van der Waals surface area contributed by atoms with E-state index in [1.54, 1.807) is 12.4 Å². The van der Waals surface area contributed by atoms with E-state index in [1.165, 1.54) is 0 Å². The smallest absolute Gasteiger partial charge is 0.227 e. The Labute approximate surface area is 136 Å². The monoisotopic (exact) mass is 308 g/mol. The first kappa shape index (κ1) is 14.2. The van der Waals surface area contributed by atoms with Crippen LogP contribution in [-0.4, -0.2) is 45.9 Å². The maximum atomic E-state index is 12.7. The van der Waals surface area contributed by atoms with Crippen molar-refractivity contribution in [3.05, 3.63) is 54.4 Å². The summed E-state index contributed by atoms with van der Waals surface area (Å²) in [5.74, 6) is 1.02. The fourth-order valence-electron chi connectivity index (χ4n) is 3.86. The number of fused-ring (bicyclic) bond motifs is 1. The van der Waals surface area contributed by atoms with E-state index >= 15 is 0 Å². The van der Waals surface area contributed by atoms with Crippen LogP contribution in [0.4, 0.5) is 5.95 Å². The zero-order valence-corrected chi connectivity index (χ0v) is 13.0. The zero-order chi connectivity index (χ0) is 15.6. The maximum Gasteiger partial charge on any atom is 0.227 e. The van der Waals surface area contributed by atoms with Gasteiger partial charge in [0.1, 0.15) is 0 Å². The van der Waals surface area contributed by atoms with Crippen LogP contribution < -0.4 is 4.90 Å². The molecule has 5 heteroatoms. The number of amides is 1. The number of hydrogen-bond acceptors (Lipinski definition) is 4. The van der Waals surface area contributed by atoms with E-state index in [-0.39, 0.29) is 5.91 Å². The highest BCUT2D eigenvalue weighted by atomic mass is 16.2. The van der Waals surface area contributed by atoms with Gasteiger partial charge in [0, 0.05) is 25.5 Å². The maximum absolute atomic E-state index is 12.7. The first-order chi connectivity index (χ1) is 11.3. The van der Waals surface area contributed by atoms with E-state index in [9.17, 15) is 4.79 Å². The minimum absolute atomic E-state index is 0.236. The Balaban J connectivity index is 1.46. The van der Waals surface area contributed by atoms with Crippen molar-refractivity contribution >= 4 is 11.9 Å².